The predicted octanol–water partition coefficient (Wildman–Crippen LogP) is 10.7. The summed E-state index contributed by atoms with van der Waals surface area (Å²) in [6.45, 7) is 4.14. The van der Waals surface area contributed by atoms with Gasteiger partial charge in [-0.05, 0) is 51.4 Å². The van der Waals surface area contributed by atoms with E-state index in [1.54, 1.807) is 0 Å². The van der Waals surface area contributed by atoms with E-state index < -0.39 is 32.5 Å². The van der Waals surface area contributed by atoms with Gasteiger partial charge >= 0.3 is 11.9 Å². The fraction of sp³-hybridized carbons (Fsp3) is 0.810. The maximum absolute atomic E-state index is 12.6. The predicted molar refractivity (Wildman–Crippen MR) is 213 cm³/mol. The molecule has 2 unspecified atom stereocenters. The molecule has 0 N–H and O–H groups in total. The maximum Gasteiger partial charge on any atom is 0.306 e. The molecule has 2 atom stereocenters. The van der Waals surface area contributed by atoms with Crippen molar-refractivity contribution in [3.05, 3.63) is 36.5 Å². The van der Waals surface area contributed by atoms with Gasteiger partial charge < -0.3 is 27.9 Å². The Hall–Kier alpha value is -1.77. The van der Waals surface area contributed by atoms with Crippen LogP contribution in [0.5, 0.6) is 0 Å². The fourth-order valence-corrected chi connectivity index (χ4v) is 6.08. The smallest absolute Gasteiger partial charge is 0.306 e. The molecule has 52 heavy (non-hydrogen) atoms. The first-order chi connectivity index (χ1) is 25.0. The molecule has 0 aliphatic carbocycles. The molecule has 0 aromatic rings. The first-order valence-corrected chi connectivity index (χ1v) is 22.2. The standard InChI is InChI=1S/C42H78NO8P/c1-6-8-10-12-14-16-18-20-21-23-25-27-29-31-33-35-42(45)51-40(39-50-52(46,47)49-37-36-43(3,4)5)38-48-41(44)34-32-30-28-26-24-22-19-17-15-13-11-9-7-2/h14,16,20-21,27,29,40H,6-13,15,17-19,22-26,28,30-39H2,1-5H3/b16-14-,21-20-,29-27+. The number of hydrogen-bond donors (Lipinski definition) is 0. The van der Waals surface area contributed by atoms with Crippen LogP contribution in [0.15, 0.2) is 36.5 Å². The maximum atomic E-state index is 12.6. The minimum atomic E-state index is -4.63. The molecule has 0 rings (SSSR count). The topological polar surface area (TPSA) is 111 Å². The number of unbranched alkanes of at least 4 members (excludes halogenated alkanes) is 17. The Morgan fingerprint density at radius 3 is 1.67 bits per heavy atom. The van der Waals surface area contributed by atoms with Crippen LogP contribution in [0.1, 0.15) is 168 Å². The van der Waals surface area contributed by atoms with E-state index >= 15 is 0 Å². The highest BCUT2D eigenvalue weighted by Crippen LogP contribution is 2.38. The normalized spacial score (nSPS) is 14.0. The highest BCUT2D eigenvalue weighted by molar-refractivity contribution is 7.45. The minimum absolute atomic E-state index is 0.0385. The number of nitrogens with zero attached hydrogens (tertiary/aromatic N) is 1. The van der Waals surface area contributed by atoms with Crippen LogP contribution in [0.4, 0.5) is 0 Å². The van der Waals surface area contributed by atoms with Crippen molar-refractivity contribution in [3.8, 4) is 0 Å². The summed E-state index contributed by atoms with van der Waals surface area (Å²) >= 11 is 0. The van der Waals surface area contributed by atoms with E-state index in [9.17, 15) is 19.0 Å². The molecule has 0 saturated carbocycles. The summed E-state index contributed by atoms with van der Waals surface area (Å²) in [6.07, 6.45) is 37.4. The minimum Gasteiger partial charge on any atom is -0.756 e. The summed E-state index contributed by atoms with van der Waals surface area (Å²) in [7, 11) is 1.14. The monoisotopic (exact) mass is 756 g/mol. The molecule has 9 nitrogen and oxygen atoms in total. The Balaban J connectivity index is 4.47. The number of phosphoric ester groups is 1. The van der Waals surface area contributed by atoms with E-state index in [1.165, 1.54) is 83.5 Å². The van der Waals surface area contributed by atoms with E-state index in [0.29, 0.717) is 17.4 Å². The molecule has 0 fully saturated rings. The van der Waals surface area contributed by atoms with E-state index in [1.807, 2.05) is 21.1 Å². The van der Waals surface area contributed by atoms with Gasteiger partial charge in [-0.3, -0.25) is 14.2 Å². The molecule has 0 aromatic carbocycles. The fourth-order valence-electron chi connectivity index (χ4n) is 5.36. The molecule has 10 heteroatoms. The molecule has 0 spiro atoms. The molecule has 0 saturated heterocycles. The largest absolute Gasteiger partial charge is 0.756 e. The van der Waals surface area contributed by atoms with Crippen LogP contribution in [0.3, 0.4) is 0 Å². The van der Waals surface area contributed by atoms with Gasteiger partial charge in [-0.25, -0.2) is 0 Å². The van der Waals surface area contributed by atoms with Crippen molar-refractivity contribution in [2.45, 2.75) is 174 Å². The Kier molecular flexibility index (Phi) is 33.8. The average molecular weight is 756 g/mol. The van der Waals surface area contributed by atoms with E-state index in [2.05, 4.69) is 50.3 Å². The van der Waals surface area contributed by atoms with Gasteiger partial charge in [0.1, 0.15) is 19.8 Å². The Labute approximate surface area is 319 Å². The van der Waals surface area contributed by atoms with Crippen LogP contribution in [-0.2, 0) is 32.7 Å². The number of carbonyl (C=O) groups excluding carboxylic acids is 2. The summed E-state index contributed by atoms with van der Waals surface area (Å²) in [6, 6.07) is 0. The van der Waals surface area contributed by atoms with Crippen LogP contribution >= 0.6 is 7.82 Å². The number of likely N-dealkylation sites (N-methyl/N-ethyl adjacent to an activating group) is 1. The summed E-state index contributed by atoms with van der Waals surface area (Å²) in [4.78, 5) is 37.4. The molecule has 0 amide bonds. The highest BCUT2D eigenvalue weighted by Gasteiger charge is 2.21. The second kappa shape index (κ2) is 35.0. The Bertz CT molecular complexity index is 991. The van der Waals surface area contributed by atoms with Gasteiger partial charge in [0.15, 0.2) is 6.10 Å². The summed E-state index contributed by atoms with van der Waals surface area (Å²) in [5.74, 6) is -0.889. The summed E-state index contributed by atoms with van der Waals surface area (Å²) in [5, 5.41) is 0. The van der Waals surface area contributed by atoms with Gasteiger partial charge in [-0.15, -0.1) is 0 Å². The van der Waals surface area contributed by atoms with Crippen molar-refractivity contribution in [1.29, 1.82) is 0 Å². The lowest BCUT2D eigenvalue weighted by atomic mass is 10.0. The van der Waals surface area contributed by atoms with Gasteiger partial charge in [-0.1, -0.05) is 140 Å². The molecule has 0 aliphatic heterocycles. The third-order valence-electron chi connectivity index (χ3n) is 8.64. The molecular formula is C42H78NO8P. The van der Waals surface area contributed by atoms with Crippen molar-refractivity contribution in [2.24, 2.45) is 0 Å². The third-order valence-corrected chi connectivity index (χ3v) is 9.61. The molecule has 0 heterocycles. The van der Waals surface area contributed by atoms with Crippen LogP contribution in [-0.4, -0.2) is 70.0 Å². The number of ether oxygens (including phenoxy) is 2. The second-order valence-electron chi connectivity index (χ2n) is 15.0. The molecule has 0 aromatic heterocycles. The number of rotatable bonds is 37. The number of allylic oxidation sites excluding steroid dienone is 6. The summed E-state index contributed by atoms with van der Waals surface area (Å²) in [5.41, 5.74) is 0. The number of quaternary nitrogens is 1. The van der Waals surface area contributed by atoms with Crippen LogP contribution < -0.4 is 4.89 Å². The van der Waals surface area contributed by atoms with Gasteiger partial charge in [0.2, 0.25) is 0 Å². The number of esters is 2. The average Bonchev–Trinajstić information content (AvgIpc) is 3.09. The van der Waals surface area contributed by atoms with E-state index in [-0.39, 0.29) is 26.1 Å². The van der Waals surface area contributed by atoms with Crippen molar-refractivity contribution in [3.63, 3.8) is 0 Å². The van der Waals surface area contributed by atoms with Crippen molar-refractivity contribution < 1.29 is 42.1 Å². The molecule has 304 valence electrons. The lowest BCUT2D eigenvalue weighted by Gasteiger charge is -2.28. The van der Waals surface area contributed by atoms with E-state index in [0.717, 1.165) is 51.4 Å². The van der Waals surface area contributed by atoms with Gasteiger partial charge in [0.25, 0.3) is 7.82 Å². The van der Waals surface area contributed by atoms with Crippen LogP contribution in [0.2, 0.25) is 0 Å². The van der Waals surface area contributed by atoms with Crippen LogP contribution in [0, 0.1) is 0 Å². The molecule has 0 radical (unpaired) electrons. The zero-order valence-electron chi connectivity index (χ0n) is 34.0. The zero-order valence-corrected chi connectivity index (χ0v) is 34.9. The third kappa shape index (κ3) is 38.0. The van der Waals surface area contributed by atoms with Crippen molar-refractivity contribution in [1.82, 2.24) is 0 Å². The Morgan fingerprint density at radius 2 is 1.08 bits per heavy atom. The number of carbonyl (C=O) groups is 2. The number of hydrogen-bond acceptors (Lipinski definition) is 8. The first kappa shape index (κ1) is 50.2. The molecular weight excluding hydrogens is 677 g/mol. The van der Waals surface area contributed by atoms with Gasteiger partial charge in [-0.2, -0.15) is 0 Å². The van der Waals surface area contributed by atoms with Gasteiger partial charge in [0, 0.05) is 12.8 Å². The quantitative estimate of drug-likeness (QED) is 0.0203. The Morgan fingerprint density at radius 1 is 0.596 bits per heavy atom. The highest BCUT2D eigenvalue weighted by atomic mass is 31.2. The number of phosphoric acid groups is 1. The van der Waals surface area contributed by atoms with Crippen molar-refractivity contribution >= 4 is 19.8 Å². The van der Waals surface area contributed by atoms with Gasteiger partial charge in [0.05, 0.1) is 27.7 Å². The second-order valence-corrected chi connectivity index (χ2v) is 16.4. The lowest BCUT2D eigenvalue weighted by molar-refractivity contribution is -0.870. The molecule has 0 bridgehead atoms. The zero-order chi connectivity index (χ0) is 38.6. The SMILES string of the molecule is CCCCC/C=C\C/C=C\CC/C=C/CCCC(=O)OC(COC(=O)CCCCCCCCCCCCCCC)COP(=O)([O-])OCC[N+](C)(C)C. The van der Waals surface area contributed by atoms with Crippen LogP contribution in [0.25, 0.3) is 0 Å². The summed E-state index contributed by atoms with van der Waals surface area (Å²) < 4.78 is 33.8. The molecule has 0 aliphatic rings. The van der Waals surface area contributed by atoms with E-state index in [4.69, 9.17) is 18.5 Å². The lowest BCUT2D eigenvalue weighted by Crippen LogP contribution is -2.37. The first-order valence-electron chi connectivity index (χ1n) is 20.7. The van der Waals surface area contributed by atoms with Crippen molar-refractivity contribution in [2.75, 3.05) is 47.5 Å².